The van der Waals surface area contributed by atoms with Crippen LogP contribution in [-0.2, 0) is 9.53 Å². The topological polar surface area (TPSA) is 58.6 Å². The summed E-state index contributed by atoms with van der Waals surface area (Å²) in [6, 6.07) is 0. The normalized spacial score (nSPS) is 19.9. The van der Waals surface area contributed by atoms with Crippen LogP contribution in [0.1, 0.15) is 27.2 Å². The van der Waals surface area contributed by atoms with Crippen molar-refractivity contribution in [1.82, 2.24) is 5.32 Å². The molecule has 1 rings (SSSR count). The van der Waals surface area contributed by atoms with E-state index in [1.54, 1.807) is 6.92 Å². The number of hydrogen-bond donors (Lipinski definition) is 2. The molecule has 0 radical (unpaired) electrons. The summed E-state index contributed by atoms with van der Waals surface area (Å²) in [7, 11) is 0. The third kappa shape index (κ3) is 7.74. The largest absolute Gasteiger partial charge is 0.481 e. The molecule has 1 aliphatic heterocycles. The summed E-state index contributed by atoms with van der Waals surface area (Å²) < 4.78 is 5.40. The van der Waals surface area contributed by atoms with Crippen LogP contribution in [-0.4, -0.2) is 36.4 Å². The lowest BCUT2D eigenvalue weighted by Gasteiger charge is -2.30. The summed E-state index contributed by atoms with van der Waals surface area (Å²) in [6.07, 6.45) is 0.222. The minimum Gasteiger partial charge on any atom is -0.481 e. The van der Waals surface area contributed by atoms with Gasteiger partial charge in [0, 0.05) is 19.5 Å². The molecule has 1 saturated heterocycles. The number of aliphatic carboxylic acids is 1. The number of morpholine rings is 1. The quantitative estimate of drug-likeness (QED) is 0.642. The lowest BCUT2D eigenvalue weighted by Crippen LogP contribution is -2.45. The Balaban J connectivity index is 0.000000252. The molecule has 1 aliphatic rings. The summed E-state index contributed by atoms with van der Waals surface area (Å²) in [6.45, 7) is 8.63. The fourth-order valence-corrected chi connectivity index (χ4v) is 0.840. The molecule has 0 bridgehead atoms. The number of ether oxygens (including phenoxy) is 1. The molecule has 0 aromatic heterocycles. The van der Waals surface area contributed by atoms with Crippen molar-refractivity contribution in [3.8, 4) is 0 Å². The first-order chi connectivity index (χ1) is 5.98. The van der Waals surface area contributed by atoms with Gasteiger partial charge in [0.05, 0.1) is 12.2 Å². The van der Waals surface area contributed by atoms with E-state index >= 15 is 0 Å². The second kappa shape index (κ2) is 5.94. The van der Waals surface area contributed by atoms with E-state index in [4.69, 9.17) is 9.84 Å². The highest BCUT2D eigenvalue weighted by molar-refractivity contribution is 5.66. The van der Waals surface area contributed by atoms with Gasteiger partial charge in [0.2, 0.25) is 0 Å². The number of nitrogens with one attached hydrogen (secondary N) is 1. The van der Waals surface area contributed by atoms with E-state index in [2.05, 4.69) is 19.2 Å². The number of rotatable bonds is 1. The second-order valence-corrected chi connectivity index (χ2v) is 3.53. The predicted molar refractivity (Wildman–Crippen MR) is 50.8 cm³/mol. The Kier molecular flexibility index (Phi) is 5.66. The van der Waals surface area contributed by atoms with Crippen LogP contribution in [0.2, 0.25) is 0 Å². The molecular formula is C9H19NO3. The molecule has 0 spiro atoms. The molecule has 1 heterocycles. The van der Waals surface area contributed by atoms with Crippen LogP contribution in [0.3, 0.4) is 0 Å². The zero-order valence-corrected chi connectivity index (χ0v) is 8.59. The smallest absolute Gasteiger partial charge is 0.303 e. The molecule has 0 aliphatic carbocycles. The van der Waals surface area contributed by atoms with Gasteiger partial charge in [-0.3, -0.25) is 4.79 Å². The lowest BCUT2D eigenvalue weighted by atomic mass is 10.1. The first-order valence-corrected chi connectivity index (χ1v) is 4.54. The first-order valence-electron chi connectivity index (χ1n) is 4.54. The zero-order chi connectivity index (χ0) is 10.3. The van der Waals surface area contributed by atoms with Gasteiger partial charge < -0.3 is 15.2 Å². The summed E-state index contributed by atoms with van der Waals surface area (Å²) in [5, 5.41) is 11.0. The van der Waals surface area contributed by atoms with Gasteiger partial charge in [-0.25, -0.2) is 0 Å². The zero-order valence-electron chi connectivity index (χ0n) is 8.59. The van der Waals surface area contributed by atoms with Crippen molar-refractivity contribution >= 4 is 5.97 Å². The number of carboxylic acids is 1. The van der Waals surface area contributed by atoms with Gasteiger partial charge in [0.15, 0.2) is 0 Å². The van der Waals surface area contributed by atoms with Crippen molar-refractivity contribution in [3.63, 3.8) is 0 Å². The molecule has 4 nitrogen and oxygen atoms in total. The van der Waals surface area contributed by atoms with E-state index in [-0.39, 0.29) is 12.0 Å². The van der Waals surface area contributed by atoms with Gasteiger partial charge in [0.25, 0.3) is 0 Å². The van der Waals surface area contributed by atoms with Crippen molar-refractivity contribution < 1.29 is 14.6 Å². The van der Waals surface area contributed by atoms with Crippen molar-refractivity contribution in [1.29, 1.82) is 0 Å². The molecular weight excluding hydrogens is 170 g/mol. The van der Waals surface area contributed by atoms with E-state index in [1.807, 2.05) is 0 Å². The SMILES string of the molecule is CC1(C)CNCCO1.CCC(=O)O. The fraction of sp³-hybridized carbons (Fsp3) is 0.889. The van der Waals surface area contributed by atoms with Gasteiger partial charge in [-0.05, 0) is 13.8 Å². The average molecular weight is 189 g/mol. The Morgan fingerprint density at radius 1 is 1.62 bits per heavy atom. The Morgan fingerprint density at radius 2 is 2.15 bits per heavy atom. The summed E-state index contributed by atoms with van der Waals surface area (Å²) in [5.74, 6) is -0.745. The standard InChI is InChI=1S/C6H13NO.C3H6O2/c1-6(2)5-7-3-4-8-6;1-2-3(4)5/h7H,3-5H2,1-2H3;2H2,1H3,(H,4,5). The first kappa shape index (κ1) is 12.4. The average Bonchev–Trinajstić information content (AvgIpc) is 2.05. The van der Waals surface area contributed by atoms with Gasteiger partial charge in [-0.2, -0.15) is 0 Å². The monoisotopic (exact) mass is 189 g/mol. The number of carbonyl (C=O) groups is 1. The molecule has 2 N–H and O–H groups in total. The lowest BCUT2D eigenvalue weighted by molar-refractivity contribution is -0.136. The van der Waals surface area contributed by atoms with Gasteiger partial charge in [0.1, 0.15) is 0 Å². The van der Waals surface area contributed by atoms with Crippen molar-refractivity contribution in [2.45, 2.75) is 32.8 Å². The molecule has 78 valence electrons. The van der Waals surface area contributed by atoms with Crippen molar-refractivity contribution in [2.75, 3.05) is 19.7 Å². The van der Waals surface area contributed by atoms with Crippen LogP contribution >= 0.6 is 0 Å². The van der Waals surface area contributed by atoms with Crippen LogP contribution in [0.15, 0.2) is 0 Å². The van der Waals surface area contributed by atoms with Crippen molar-refractivity contribution in [3.05, 3.63) is 0 Å². The van der Waals surface area contributed by atoms with Gasteiger partial charge in [-0.15, -0.1) is 0 Å². The molecule has 4 heteroatoms. The molecule has 1 fully saturated rings. The second-order valence-electron chi connectivity index (χ2n) is 3.53. The van der Waals surface area contributed by atoms with E-state index < -0.39 is 5.97 Å². The number of carboxylic acid groups (broad SMARTS) is 1. The summed E-state index contributed by atoms with van der Waals surface area (Å²) in [5.41, 5.74) is 0.0677. The van der Waals surface area contributed by atoms with Gasteiger partial charge in [-0.1, -0.05) is 6.92 Å². The molecule has 13 heavy (non-hydrogen) atoms. The molecule has 0 unspecified atom stereocenters. The van der Waals surface area contributed by atoms with Crippen LogP contribution in [0.25, 0.3) is 0 Å². The van der Waals surface area contributed by atoms with E-state index in [1.165, 1.54) is 0 Å². The minimum absolute atomic E-state index is 0.0677. The Bertz CT molecular complexity index is 149. The Morgan fingerprint density at radius 3 is 2.31 bits per heavy atom. The molecule has 0 aromatic rings. The maximum atomic E-state index is 9.37. The maximum absolute atomic E-state index is 9.37. The van der Waals surface area contributed by atoms with Crippen molar-refractivity contribution in [2.24, 2.45) is 0 Å². The van der Waals surface area contributed by atoms with E-state index in [0.29, 0.717) is 0 Å². The Hall–Kier alpha value is -0.610. The van der Waals surface area contributed by atoms with E-state index in [9.17, 15) is 4.79 Å². The maximum Gasteiger partial charge on any atom is 0.303 e. The third-order valence-corrected chi connectivity index (χ3v) is 1.62. The van der Waals surface area contributed by atoms with Gasteiger partial charge >= 0.3 is 5.97 Å². The third-order valence-electron chi connectivity index (χ3n) is 1.62. The molecule has 0 amide bonds. The van der Waals surface area contributed by atoms with E-state index in [0.717, 1.165) is 19.7 Å². The summed E-state index contributed by atoms with van der Waals surface area (Å²) in [4.78, 5) is 9.37. The predicted octanol–water partition coefficient (Wildman–Crippen LogP) is 0.866. The summed E-state index contributed by atoms with van der Waals surface area (Å²) >= 11 is 0. The van der Waals surface area contributed by atoms with Crippen LogP contribution in [0.5, 0.6) is 0 Å². The Labute approximate surface area is 79.3 Å². The molecule has 0 atom stereocenters. The highest BCUT2D eigenvalue weighted by atomic mass is 16.5. The van der Waals surface area contributed by atoms with Crippen LogP contribution in [0.4, 0.5) is 0 Å². The fourth-order valence-electron chi connectivity index (χ4n) is 0.840. The van der Waals surface area contributed by atoms with Crippen LogP contribution < -0.4 is 5.32 Å². The number of hydrogen-bond acceptors (Lipinski definition) is 3. The highest BCUT2D eigenvalue weighted by Crippen LogP contribution is 2.08. The highest BCUT2D eigenvalue weighted by Gasteiger charge is 2.20. The molecule has 0 saturated carbocycles. The van der Waals surface area contributed by atoms with Crippen LogP contribution in [0, 0.1) is 0 Å². The minimum atomic E-state index is -0.745. The molecule has 0 aromatic carbocycles.